The van der Waals surface area contributed by atoms with Crippen LogP contribution in [0.5, 0.6) is 0 Å². The Morgan fingerprint density at radius 2 is 1.94 bits per heavy atom. The number of non-ortho nitro benzene ring substituents is 1. The number of carbonyl (C=O) groups is 1. The fraction of sp³-hybridized carbons (Fsp3) is 0.0833. The van der Waals surface area contributed by atoms with Crippen LogP contribution in [0.25, 0.3) is 11.1 Å². The first-order valence-corrected chi connectivity index (χ1v) is 5.17. The summed E-state index contributed by atoms with van der Waals surface area (Å²) in [7, 11) is 0. The number of nitro benzene ring substituents is 1. The Balaban J connectivity index is 2.43. The molecule has 6 heteroatoms. The van der Waals surface area contributed by atoms with E-state index in [2.05, 4.69) is 4.98 Å². The highest BCUT2D eigenvalue weighted by Gasteiger charge is 2.14. The number of rotatable bonds is 3. The smallest absolute Gasteiger partial charge is 0.352 e. The molecular formula is C12H10N2O4. The summed E-state index contributed by atoms with van der Waals surface area (Å²) < 4.78 is 0. The number of nitrogens with one attached hydrogen (secondary N) is 1. The lowest BCUT2D eigenvalue weighted by molar-refractivity contribution is -0.384. The Morgan fingerprint density at radius 1 is 1.33 bits per heavy atom. The molecule has 0 radical (unpaired) electrons. The molecule has 0 aliphatic carbocycles. The molecule has 0 amide bonds. The second kappa shape index (κ2) is 4.33. The Morgan fingerprint density at radius 3 is 2.39 bits per heavy atom. The molecule has 0 aliphatic rings. The van der Waals surface area contributed by atoms with Crippen LogP contribution < -0.4 is 0 Å². The lowest BCUT2D eigenvalue weighted by Crippen LogP contribution is -1.98. The number of H-pyrrole nitrogens is 1. The molecule has 0 fully saturated rings. The number of aromatic carboxylic acids is 1. The number of hydrogen-bond donors (Lipinski definition) is 2. The fourth-order valence-corrected chi connectivity index (χ4v) is 1.78. The van der Waals surface area contributed by atoms with E-state index in [1.807, 2.05) is 0 Å². The van der Waals surface area contributed by atoms with Gasteiger partial charge in [0.15, 0.2) is 0 Å². The maximum atomic E-state index is 10.9. The third kappa shape index (κ3) is 1.95. The van der Waals surface area contributed by atoms with E-state index in [0.29, 0.717) is 5.56 Å². The van der Waals surface area contributed by atoms with Gasteiger partial charge in [-0.05, 0) is 30.2 Å². The van der Waals surface area contributed by atoms with Gasteiger partial charge in [0, 0.05) is 23.9 Å². The lowest BCUT2D eigenvalue weighted by atomic mass is 10.0. The summed E-state index contributed by atoms with van der Waals surface area (Å²) >= 11 is 0. The Bertz CT molecular complexity index is 614. The third-order valence-corrected chi connectivity index (χ3v) is 2.74. The molecule has 1 aromatic heterocycles. The molecule has 0 bridgehead atoms. The summed E-state index contributed by atoms with van der Waals surface area (Å²) in [6.45, 7) is 1.69. The van der Waals surface area contributed by atoms with E-state index in [-0.39, 0.29) is 11.4 Å². The van der Waals surface area contributed by atoms with Gasteiger partial charge in [-0.3, -0.25) is 10.1 Å². The molecule has 0 unspecified atom stereocenters. The van der Waals surface area contributed by atoms with E-state index < -0.39 is 10.9 Å². The quantitative estimate of drug-likeness (QED) is 0.495. The Labute approximate surface area is 102 Å². The molecule has 0 atom stereocenters. The van der Waals surface area contributed by atoms with Gasteiger partial charge in [-0.15, -0.1) is 0 Å². The van der Waals surface area contributed by atoms with Crippen molar-refractivity contribution in [3.05, 3.63) is 51.8 Å². The number of aromatic amines is 1. The van der Waals surface area contributed by atoms with E-state index in [4.69, 9.17) is 5.11 Å². The van der Waals surface area contributed by atoms with E-state index in [0.717, 1.165) is 11.1 Å². The van der Waals surface area contributed by atoms with Crippen molar-refractivity contribution in [1.82, 2.24) is 4.98 Å². The van der Waals surface area contributed by atoms with Crippen molar-refractivity contribution in [2.75, 3.05) is 0 Å². The molecule has 2 rings (SSSR count). The van der Waals surface area contributed by atoms with Crippen molar-refractivity contribution in [2.24, 2.45) is 0 Å². The van der Waals surface area contributed by atoms with Gasteiger partial charge in [-0.1, -0.05) is 0 Å². The predicted molar refractivity (Wildman–Crippen MR) is 64.6 cm³/mol. The molecule has 6 nitrogen and oxygen atoms in total. The minimum atomic E-state index is -1.03. The van der Waals surface area contributed by atoms with Crippen LogP contribution in [0.1, 0.15) is 16.1 Å². The van der Waals surface area contributed by atoms with Crippen LogP contribution in [-0.2, 0) is 0 Å². The summed E-state index contributed by atoms with van der Waals surface area (Å²) in [4.78, 5) is 23.6. The zero-order valence-electron chi connectivity index (χ0n) is 9.51. The van der Waals surface area contributed by atoms with Gasteiger partial charge in [0.25, 0.3) is 5.69 Å². The average Bonchev–Trinajstić information content (AvgIpc) is 2.71. The third-order valence-electron chi connectivity index (χ3n) is 2.74. The normalized spacial score (nSPS) is 10.3. The first-order valence-electron chi connectivity index (χ1n) is 5.17. The maximum Gasteiger partial charge on any atom is 0.352 e. The van der Waals surface area contributed by atoms with Crippen molar-refractivity contribution < 1.29 is 14.8 Å². The second-order valence-corrected chi connectivity index (χ2v) is 3.81. The van der Waals surface area contributed by atoms with Crippen molar-refractivity contribution in [3.63, 3.8) is 0 Å². The zero-order valence-corrected chi connectivity index (χ0v) is 9.51. The molecule has 0 saturated carbocycles. The summed E-state index contributed by atoms with van der Waals surface area (Å²) in [5.74, 6) is -1.03. The van der Waals surface area contributed by atoms with E-state index >= 15 is 0 Å². The zero-order chi connectivity index (χ0) is 13.3. The molecule has 1 aromatic carbocycles. The highest BCUT2D eigenvalue weighted by atomic mass is 16.6. The van der Waals surface area contributed by atoms with Gasteiger partial charge in [-0.2, -0.15) is 0 Å². The topological polar surface area (TPSA) is 96.2 Å². The maximum absolute atomic E-state index is 10.9. The monoisotopic (exact) mass is 247 g/mol. The lowest BCUT2D eigenvalue weighted by Gasteiger charge is -2.00. The number of benzene rings is 1. The van der Waals surface area contributed by atoms with E-state index in [1.54, 1.807) is 25.3 Å². The van der Waals surface area contributed by atoms with Crippen LogP contribution >= 0.6 is 0 Å². The SMILES string of the molecule is Cc1c(-c2ccc([N+](=O)[O-])cc2)c[nH]c1[13C](=O)O. The molecule has 18 heavy (non-hydrogen) atoms. The first kappa shape index (κ1) is 11.8. The van der Waals surface area contributed by atoms with Crippen LogP contribution in [0.15, 0.2) is 30.5 Å². The summed E-state index contributed by atoms with van der Waals surface area (Å²) in [5, 5.41) is 19.5. The number of hydrogen-bond acceptors (Lipinski definition) is 3. The van der Waals surface area contributed by atoms with E-state index in [1.165, 1.54) is 12.1 Å². The number of aromatic nitrogens is 1. The molecule has 0 saturated heterocycles. The van der Waals surface area contributed by atoms with Crippen molar-refractivity contribution in [3.8, 4) is 11.1 Å². The number of carboxylic acid groups (broad SMARTS) is 1. The van der Waals surface area contributed by atoms with Crippen molar-refractivity contribution in [2.45, 2.75) is 6.92 Å². The Hall–Kier alpha value is -2.63. The largest absolute Gasteiger partial charge is 0.477 e. The first-order chi connectivity index (χ1) is 8.50. The minimum absolute atomic E-state index is 0.00500. The highest BCUT2D eigenvalue weighted by Crippen LogP contribution is 2.27. The van der Waals surface area contributed by atoms with Crippen molar-refractivity contribution in [1.29, 1.82) is 0 Å². The molecule has 2 N–H and O–H groups in total. The molecule has 1 heterocycles. The van der Waals surface area contributed by atoms with Gasteiger partial charge < -0.3 is 10.1 Å². The minimum Gasteiger partial charge on any atom is -0.477 e. The Kier molecular flexibility index (Phi) is 2.85. The van der Waals surface area contributed by atoms with Crippen LogP contribution in [0.4, 0.5) is 5.69 Å². The summed E-state index contributed by atoms with van der Waals surface area (Å²) in [6.07, 6.45) is 1.58. The molecule has 2 aromatic rings. The van der Waals surface area contributed by atoms with E-state index in [9.17, 15) is 14.9 Å². The molecule has 0 aliphatic heterocycles. The summed E-state index contributed by atoms with van der Waals surface area (Å²) in [5.41, 5.74) is 2.20. The predicted octanol–water partition coefficient (Wildman–Crippen LogP) is 2.60. The standard InChI is InChI=1S/C12H10N2O4/c1-7-10(6-13-11(7)12(15)16)8-2-4-9(5-3-8)14(17)18/h2-6,13H,1H3,(H,15,16)/i12+1. The molecule has 92 valence electrons. The van der Waals surface area contributed by atoms with Crippen LogP contribution in [0, 0.1) is 17.0 Å². The van der Waals surface area contributed by atoms with Crippen LogP contribution in [-0.4, -0.2) is 21.0 Å². The second-order valence-electron chi connectivity index (χ2n) is 3.81. The highest BCUT2D eigenvalue weighted by molar-refractivity contribution is 5.90. The number of nitro groups is 1. The number of carboxylic acids is 1. The average molecular weight is 247 g/mol. The summed E-state index contributed by atoms with van der Waals surface area (Å²) in [6, 6.07) is 5.98. The number of nitrogens with zero attached hydrogens (tertiary/aromatic N) is 1. The molecular weight excluding hydrogens is 237 g/mol. The van der Waals surface area contributed by atoms with Crippen LogP contribution in [0.3, 0.4) is 0 Å². The van der Waals surface area contributed by atoms with Crippen LogP contribution in [0.2, 0.25) is 0 Å². The van der Waals surface area contributed by atoms with Gasteiger partial charge in [-0.25, -0.2) is 4.79 Å². The van der Waals surface area contributed by atoms with Gasteiger partial charge in [0.1, 0.15) is 5.69 Å². The van der Waals surface area contributed by atoms with Gasteiger partial charge >= 0.3 is 5.97 Å². The van der Waals surface area contributed by atoms with Gasteiger partial charge in [0.2, 0.25) is 0 Å². The fourth-order valence-electron chi connectivity index (χ4n) is 1.78. The van der Waals surface area contributed by atoms with Gasteiger partial charge in [0.05, 0.1) is 4.92 Å². The molecule has 0 spiro atoms. The van der Waals surface area contributed by atoms with Crippen molar-refractivity contribution >= 4 is 11.7 Å².